The van der Waals surface area contributed by atoms with Gasteiger partial charge in [0.05, 0.1) is 4.92 Å². The van der Waals surface area contributed by atoms with Gasteiger partial charge >= 0.3 is 0 Å². The van der Waals surface area contributed by atoms with Crippen molar-refractivity contribution in [3.8, 4) is 11.4 Å². The van der Waals surface area contributed by atoms with Gasteiger partial charge in [0.25, 0.3) is 5.69 Å². The van der Waals surface area contributed by atoms with Gasteiger partial charge in [-0.1, -0.05) is 6.92 Å². The van der Waals surface area contributed by atoms with Crippen LogP contribution in [-0.4, -0.2) is 19.7 Å². The van der Waals surface area contributed by atoms with Crippen LogP contribution >= 0.6 is 0 Å². The lowest BCUT2D eigenvalue weighted by Gasteiger charge is -1.97. The molecule has 0 amide bonds. The highest BCUT2D eigenvalue weighted by Gasteiger charge is 2.10. The van der Waals surface area contributed by atoms with Crippen LogP contribution in [0.3, 0.4) is 0 Å². The van der Waals surface area contributed by atoms with Crippen molar-refractivity contribution in [2.45, 2.75) is 19.9 Å². The van der Waals surface area contributed by atoms with Crippen molar-refractivity contribution in [3.63, 3.8) is 0 Å². The molecule has 1 aromatic heterocycles. The van der Waals surface area contributed by atoms with Crippen molar-refractivity contribution < 1.29 is 4.92 Å². The number of aromatic nitrogens is 3. The summed E-state index contributed by atoms with van der Waals surface area (Å²) < 4.78 is 1.62. The van der Waals surface area contributed by atoms with E-state index >= 15 is 0 Å². The van der Waals surface area contributed by atoms with E-state index in [0.29, 0.717) is 23.9 Å². The molecule has 2 rings (SSSR count). The summed E-state index contributed by atoms with van der Waals surface area (Å²) in [6.45, 7) is 2.72. The van der Waals surface area contributed by atoms with Gasteiger partial charge in [-0.3, -0.25) is 10.1 Å². The number of nitrogen functional groups attached to an aromatic ring is 1. The maximum absolute atomic E-state index is 10.5. The Hall–Kier alpha value is -2.44. The predicted molar refractivity (Wildman–Crippen MR) is 66.8 cm³/mol. The van der Waals surface area contributed by atoms with Crippen LogP contribution < -0.4 is 5.73 Å². The Morgan fingerprint density at radius 3 is 2.61 bits per heavy atom. The summed E-state index contributed by atoms with van der Waals surface area (Å²) in [7, 11) is 0. The van der Waals surface area contributed by atoms with E-state index in [2.05, 4.69) is 10.1 Å². The van der Waals surface area contributed by atoms with Crippen molar-refractivity contribution >= 4 is 11.6 Å². The Labute approximate surface area is 103 Å². The van der Waals surface area contributed by atoms with Crippen molar-refractivity contribution in [1.82, 2.24) is 14.8 Å². The fourth-order valence-electron chi connectivity index (χ4n) is 1.59. The first kappa shape index (κ1) is 12.0. The molecule has 18 heavy (non-hydrogen) atoms. The highest BCUT2D eigenvalue weighted by molar-refractivity contribution is 5.58. The maximum atomic E-state index is 10.5. The first-order valence-electron chi connectivity index (χ1n) is 5.57. The number of nitro benzene ring substituents is 1. The summed E-state index contributed by atoms with van der Waals surface area (Å²) in [4.78, 5) is 14.2. The molecule has 2 aromatic rings. The normalized spacial score (nSPS) is 10.5. The van der Waals surface area contributed by atoms with E-state index in [1.54, 1.807) is 16.8 Å². The Kier molecular flexibility index (Phi) is 3.22. The number of rotatable bonds is 4. The van der Waals surface area contributed by atoms with E-state index < -0.39 is 4.92 Å². The summed E-state index contributed by atoms with van der Waals surface area (Å²) in [5.74, 6) is 0.834. The number of benzene rings is 1. The van der Waals surface area contributed by atoms with Gasteiger partial charge in [-0.05, 0) is 18.6 Å². The number of aryl methyl sites for hydroxylation is 1. The minimum absolute atomic E-state index is 0.0414. The average molecular weight is 247 g/mol. The Morgan fingerprint density at radius 2 is 2.06 bits per heavy atom. The van der Waals surface area contributed by atoms with Crippen LogP contribution in [0.25, 0.3) is 11.4 Å². The van der Waals surface area contributed by atoms with E-state index in [1.165, 1.54) is 12.1 Å². The molecule has 0 aliphatic carbocycles. The van der Waals surface area contributed by atoms with Crippen molar-refractivity contribution in [3.05, 3.63) is 34.4 Å². The predicted octanol–water partition coefficient (Wildman–Crippen LogP) is 1.85. The lowest BCUT2D eigenvalue weighted by Crippen LogP contribution is -2.04. The summed E-state index contributed by atoms with van der Waals surface area (Å²) in [6, 6.07) is 6.07. The second kappa shape index (κ2) is 4.82. The van der Waals surface area contributed by atoms with Crippen LogP contribution in [-0.2, 0) is 6.54 Å². The van der Waals surface area contributed by atoms with Crippen LogP contribution in [0.15, 0.2) is 24.3 Å². The molecule has 0 atom stereocenters. The topological polar surface area (TPSA) is 99.9 Å². The fourth-order valence-corrected chi connectivity index (χ4v) is 1.59. The van der Waals surface area contributed by atoms with Crippen LogP contribution in [0.4, 0.5) is 11.6 Å². The number of hydrogen-bond acceptors (Lipinski definition) is 5. The third kappa shape index (κ3) is 2.29. The van der Waals surface area contributed by atoms with E-state index in [0.717, 1.165) is 6.42 Å². The molecule has 0 radical (unpaired) electrons. The number of nitrogens with two attached hydrogens (primary N) is 1. The Morgan fingerprint density at radius 1 is 1.39 bits per heavy atom. The van der Waals surface area contributed by atoms with Gasteiger partial charge in [0.15, 0.2) is 5.82 Å². The smallest absolute Gasteiger partial charge is 0.269 e. The summed E-state index contributed by atoms with van der Waals surface area (Å²) in [6.07, 6.45) is 0.910. The molecule has 0 aliphatic rings. The van der Waals surface area contributed by atoms with Gasteiger partial charge in [0, 0.05) is 24.2 Å². The molecule has 0 saturated carbocycles. The molecule has 0 fully saturated rings. The lowest BCUT2D eigenvalue weighted by atomic mass is 10.2. The zero-order chi connectivity index (χ0) is 13.1. The second-order valence-corrected chi connectivity index (χ2v) is 3.82. The van der Waals surface area contributed by atoms with Crippen LogP contribution in [0.5, 0.6) is 0 Å². The van der Waals surface area contributed by atoms with E-state index in [1.807, 2.05) is 6.92 Å². The van der Waals surface area contributed by atoms with E-state index in [9.17, 15) is 10.1 Å². The average Bonchev–Trinajstić information content (AvgIpc) is 2.72. The van der Waals surface area contributed by atoms with Gasteiger partial charge in [-0.2, -0.15) is 4.98 Å². The zero-order valence-corrected chi connectivity index (χ0v) is 9.91. The number of anilines is 1. The Bertz CT molecular complexity index is 561. The minimum atomic E-state index is -0.443. The van der Waals surface area contributed by atoms with Gasteiger partial charge in [0.1, 0.15) is 0 Å². The Balaban J connectivity index is 2.31. The van der Waals surface area contributed by atoms with Gasteiger partial charge in [-0.15, -0.1) is 5.10 Å². The zero-order valence-electron chi connectivity index (χ0n) is 9.91. The number of nitrogens with zero attached hydrogens (tertiary/aromatic N) is 4. The molecule has 0 unspecified atom stereocenters. The summed E-state index contributed by atoms with van der Waals surface area (Å²) in [5.41, 5.74) is 6.48. The van der Waals surface area contributed by atoms with Crippen molar-refractivity contribution in [2.75, 3.05) is 5.73 Å². The van der Waals surface area contributed by atoms with Crippen LogP contribution in [0, 0.1) is 10.1 Å². The lowest BCUT2D eigenvalue weighted by molar-refractivity contribution is -0.384. The molecule has 2 N–H and O–H groups in total. The molecule has 1 aromatic carbocycles. The number of hydrogen-bond donors (Lipinski definition) is 1. The number of non-ortho nitro benzene ring substituents is 1. The summed E-state index contributed by atoms with van der Waals surface area (Å²) >= 11 is 0. The molecule has 7 nitrogen and oxygen atoms in total. The highest BCUT2D eigenvalue weighted by Crippen LogP contribution is 2.20. The molecule has 7 heteroatoms. The van der Waals surface area contributed by atoms with E-state index in [-0.39, 0.29) is 5.69 Å². The third-order valence-corrected chi connectivity index (χ3v) is 2.47. The van der Waals surface area contributed by atoms with Crippen LogP contribution in [0.1, 0.15) is 13.3 Å². The molecule has 0 spiro atoms. The maximum Gasteiger partial charge on any atom is 0.269 e. The first-order chi connectivity index (χ1) is 8.61. The van der Waals surface area contributed by atoms with Gasteiger partial charge in [0.2, 0.25) is 5.95 Å². The van der Waals surface area contributed by atoms with Crippen LogP contribution in [0.2, 0.25) is 0 Å². The summed E-state index contributed by atoms with van der Waals surface area (Å²) in [5, 5.41) is 14.8. The fraction of sp³-hybridized carbons (Fsp3) is 0.273. The van der Waals surface area contributed by atoms with E-state index in [4.69, 9.17) is 5.73 Å². The monoisotopic (exact) mass is 247 g/mol. The molecule has 1 heterocycles. The highest BCUT2D eigenvalue weighted by atomic mass is 16.6. The molecule has 0 saturated heterocycles. The quantitative estimate of drug-likeness (QED) is 0.656. The minimum Gasteiger partial charge on any atom is -0.368 e. The van der Waals surface area contributed by atoms with Crippen molar-refractivity contribution in [1.29, 1.82) is 0 Å². The third-order valence-electron chi connectivity index (χ3n) is 2.47. The number of nitro groups is 1. The largest absolute Gasteiger partial charge is 0.368 e. The molecule has 0 aliphatic heterocycles. The molecular formula is C11H13N5O2. The molecule has 0 bridgehead atoms. The standard InChI is InChI=1S/C11H13N5O2/c1-2-7-15-11(12)13-10(14-15)8-3-5-9(6-4-8)16(17)18/h3-6H,2,7H2,1H3,(H2,12,13,14). The van der Waals surface area contributed by atoms with Gasteiger partial charge < -0.3 is 5.73 Å². The van der Waals surface area contributed by atoms with Crippen molar-refractivity contribution in [2.24, 2.45) is 0 Å². The van der Waals surface area contributed by atoms with Gasteiger partial charge in [-0.25, -0.2) is 4.68 Å². The molecular weight excluding hydrogens is 234 g/mol. The SMILES string of the molecule is CCCn1nc(-c2ccc([N+](=O)[O-])cc2)nc1N. The molecule has 94 valence electrons. The second-order valence-electron chi connectivity index (χ2n) is 3.82. The first-order valence-corrected chi connectivity index (χ1v) is 5.57.